The van der Waals surface area contributed by atoms with Gasteiger partial charge in [-0.1, -0.05) is 0 Å². The number of hydrogen-bond acceptors (Lipinski definition) is 5. The number of phenolic OH excluding ortho intramolecular Hbond substituents is 1. The van der Waals surface area contributed by atoms with Crippen molar-refractivity contribution in [3.8, 4) is 5.75 Å². The number of hydrogen-bond donors (Lipinski definition) is 2. The summed E-state index contributed by atoms with van der Waals surface area (Å²) in [5, 5.41) is 18.0. The van der Waals surface area contributed by atoms with Crippen LogP contribution in [0.15, 0.2) is 29.2 Å². The zero-order valence-corrected chi connectivity index (χ0v) is 10.9. The third kappa shape index (κ3) is 3.67. The molecule has 0 heterocycles. The molecule has 0 aromatic heterocycles. The standard InChI is InChI=1S/C11H17NO5S/c1-17-9-7-12(6-8-13)18(15,16)11-4-2-10(14)3-5-11/h2-5,13-14H,6-9H2,1H3. The first-order valence-electron chi connectivity index (χ1n) is 5.41. The second kappa shape index (κ2) is 6.69. The van der Waals surface area contributed by atoms with E-state index in [0.717, 1.165) is 4.31 Å². The highest BCUT2D eigenvalue weighted by atomic mass is 32.2. The van der Waals surface area contributed by atoms with Crippen LogP contribution in [0, 0.1) is 0 Å². The van der Waals surface area contributed by atoms with Gasteiger partial charge in [0.15, 0.2) is 0 Å². The molecule has 0 spiro atoms. The van der Waals surface area contributed by atoms with Crippen molar-refractivity contribution < 1.29 is 23.4 Å². The number of nitrogens with zero attached hydrogens (tertiary/aromatic N) is 1. The fourth-order valence-electron chi connectivity index (χ4n) is 1.42. The van der Waals surface area contributed by atoms with Crippen LogP contribution >= 0.6 is 0 Å². The summed E-state index contributed by atoms with van der Waals surface area (Å²) in [5.74, 6) is -0.000417. The summed E-state index contributed by atoms with van der Waals surface area (Å²) in [5.41, 5.74) is 0. The molecule has 0 bridgehead atoms. The van der Waals surface area contributed by atoms with E-state index in [1.165, 1.54) is 31.4 Å². The highest BCUT2D eigenvalue weighted by molar-refractivity contribution is 7.89. The van der Waals surface area contributed by atoms with Gasteiger partial charge in [0, 0.05) is 20.2 Å². The van der Waals surface area contributed by atoms with E-state index in [2.05, 4.69) is 0 Å². The maximum Gasteiger partial charge on any atom is 0.243 e. The van der Waals surface area contributed by atoms with Gasteiger partial charge in [0.2, 0.25) is 10.0 Å². The molecule has 1 rings (SSSR count). The number of benzene rings is 1. The van der Waals surface area contributed by atoms with Crippen LogP contribution in [0.5, 0.6) is 5.75 Å². The van der Waals surface area contributed by atoms with Gasteiger partial charge in [-0.05, 0) is 24.3 Å². The average Bonchev–Trinajstić information content (AvgIpc) is 2.35. The minimum absolute atomic E-state index is 0.000417. The Hall–Kier alpha value is -1.15. The van der Waals surface area contributed by atoms with Gasteiger partial charge in [0.25, 0.3) is 0 Å². The van der Waals surface area contributed by atoms with Gasteiger partial charge in [-0.25, -0.2) is 8.42 Å². The van der Waals surface area contributed by atoms with Crippen LogP contribution in [-0.4, -0.2) is 56.3 Å². The van der Waals surface area contributed by atoms with Crippen LogP contribution in [0.3, 0.4) is 0 Å². The first-order chi connectivity index (χ1) is 8.52. The number of methoxy groups -OCH3 is 1. The molecule has 0 aliphatic carbocycles. The van der Waals surface area contributed by atoms with E-state index in [1.807, 2.05) is 0 Å². The van der Waals surface area contributed by atoms with Crippen LogP contribution in [0.25, 0.3) is 0 Å². The predicted octanol–water partition coefficient (Wildman–Crippen LogP) is 0.0216. The molecule has 1 aromatic carbocycles. The first-order valence-corrected chi connectivity index (χ1v) is 6.85. The topological polar surface area (TPSA) is 87.1 Å². The van der Waals surface area contributed by atoms with Crippen molar-refractivity contribution in [2.75, 3.05) is 33.4 Å². The third-order valence-corrected chi connectivity index (χ3v) is 4.28. The van der Waals surface area contributed by atoms with Crippen molar-refractivity contribution in [2.24, 2.45) is 0 Å². The molecule has 0 amide bonds. The van der Waals surface area contributed by atoms with Crippen LogP contribution in [0.1, 0.15) is 0 Å². The van der Waals surface area contributed by atoms with Crippen molar-refractivity contribution in [2.45, 2.75) is 4.90 Å². The maximum absolute atomic E-state index is 12.2. The summed E-state index contributed by atoms with van der Waals surface area (Å²) >= 11 is 0. The van der Waals surface area contributed by atoms with E-state index in [-0.39, 0.29) is 36.9 Å². The molecular formula is C11H17NO5S. The lowest BCUT2D eigenvalue weighted by Crippen LogP contribution is -2.36. The highest BCUT2D eigenvalue weighted by Crippen LogP contribution is 2.18. The number of sulfonamides is 1. The Bertz CT molecular complexity index is 457. The van der Waals surface area contributed by atoms with Crippen molar-refractivity contribution in [1.82, 2.24) is 4.31 Å². The number of ether oxygens (including phenoxy) is 1. The predicted molar refractivity (Wildman–Crippen MR) is 65.8 cm³/mol. The van der Waals surface area contributed by atoms with Gasteiger partial charge in [0.1, 0.15) is 5.75 Å². The SMILES string of the molecule is COCCN(CCO)S(=O)(=O)c1ccc(O)cc1. The second-order valence-corrected chi connectivity index (χ2v) is 5.55. The minimum Gasteiger partial charge on any atom is -0.508 e. The Morgan fingerprint density at radius 3 is 2.33 bits per heavy atom. The van der Waals surface area contributed by atoms with Crippen LogP contribution in [0.2, 0.25) is 0 Å². The van der Waals surface area contributed by atoms with Crippen molar-refractivity contribution in [1.29, 1.82) is 0 Å². The number of aliphatic hydroxyl groups excluding tert-OH is 1. The third-order valence-electron chi connectivity index (χ3n) is 2.37. The van der Waals surface area contributed by atoms with E-state index in [1.54, 1.807) is 0 Å². The quantitative estimate of drug-likeness (QED) is 0.732. The molecule has 0 atom stereocenters. The van der Waals surface area contributed by atoms with E-state index in [4.69, 9.17) is 14.9 Å². The fourth-order valence-corrected chi connectivity index (χ4v) is 2.84. The Kier molecular flexibility index (Phi) is 5.54. The Balaban J connectivity index is 2.96. The van der Waals surface area contributed by atoms with Crippen LogP contribution in [0.4, 0.5) is 0 Å². The number of aromatic hydroxyl groups is 1. The van der Waals surface area contributed by atoms with Crippen molar-refractivity contribution in [3.05, 3.63) is 24.3 Å². The second-order valence-electron chi connectivity index (χ2n) is 3.61. The molecule has 0 saturated heterocycles. The Labute approximate surface area is 106 Å². The summed E-state index contributed by atoms with van der Waals surface area (Å²) in [4.78, 5) is 0.0739. The first kappa shape index (κ1) is 14.9. The summed E-state index contributed by atoms with van der Waals surface area (Å²) in [7, 11) is -2.19. The molecule has 2 N–H and O–H groups in total. The fraction of sp³-hybridized carbons (Fsp3) is 0.455. The largest absolute Gasteiger partial charge is 0.508 e. The van der Waals surface area contributed by atoms with E-state index >= 15 is 0 Å². The molecule has 0 radical (unpaired) electrons. The molecule has 0 unspecified atom stereocenters. The molecule has 6 nitrogen and oxygen atoms in total. The van der Waals surface area contributed by atoms with E-state index in [0.29, 0.717) is 0 Å². The Morgan fingerprint density at radius 2 is 1.83 bits per heavy atom. The summed E-state index contributed by atoms with van der Waals surface area (Å²) in [6, 6.07) is 5.25. The minimum atomic E-state index is -3.67. The summed E-state index contributed by atoms with van der Waals surface area (Å²) in [6.07, 6.45) is 0. The zero-order chi connectivity index (χ0) is 13.6. The zero-order valence-electron chi connectivity index (χ0n) is 10.1. The van der Waals surface area contributed by atoms with E-state index in [9.17, 15) is 8.42 Å². The summed E-state index contributed by atoms with van der Waals surface area (Å²) < 4.78 is 30.4. The smallest absolute Gasteiger partial charge is 0.243 e. The molecule has 0 aliphatic heterocycles. The monoisotopic (exact) mass is 275 g/mol. The van der Waals surface area contributed by atoms with Gasteiger partial charge < -0.3 is 14.9 Å². The van der Waals surface area contributed by atoms with Gasteiger partial charge >= 0.3 is 0 Å². The van der Waals surface area contributed by atoms with E-state index < -0.39 is 10.0 Å². The maximum atomic E-state index is 12.2. The number of aliphatic hydroxyl groups is 1. The molecule has 18 heavy (non-hydrogen) atoms. The van der Waals surface area contributed by atoms with Gasteiger partial charge in [-0.3, -0.25) is 0 Å². The molecule has 0 aliphatic rings. The van der Waals surface area contributed by atoms with Crippen LogP contribution in [-0.2, 0) is 14.8 Å². The highest BCUT2D eigenvalue weighted by Gasteiger charge is 2.23. The molecule has 0 saturated carbocycles. The van der Waals surface area contributed by atoms with Crippen molar-refractivity contribution >= 4 is 10.0 Å². The average molecular weight is 275 g/mol. The Morgan fingerprint density at radius 1 is 1.22 bits per heavy atom. The molecule has 102 valence electrons. The lowest BCUT2D eigenvalue weighted by Gasteiger charge is -2.20. The van der Waals surface area contributed by atoms with Gasteiger partial charge in [-0.15, -0.1) is 0 Å². The molecule has 0 fully saturated rings. The molecule has 7 heteroatoms. The number of rotatable bonds is 7. The summed E-state index contributed by atoms with van der Waals surface area (Å²) in [6.45, 7) is 0.158. The lowest BCUT2D eigenvalue weighted by atomic mass is 10.3. The van der Waals surface area contributed by atoms with Crippen molar-refractivity contribution in [3.63, 3.8) is 0 Å². The normalized spacial score (nSPS) is 11.9. The lowest BCUT2D eigenvalue weighted by molar-refractivity contribution is 0.168. The van der Waals surface area contributed by atoms with Crippen LogP contribution < -0.4 is 0 Å². The van der Waals surface area contributed by atoms with Gasteiger partial charge in [-0.2, -0.15) is 4.31 Å². The number of phenols is 1. The molecular weight excluding hydrogens is 258 g/mol. The van der Waals surface area contributed by atoms with Gasteiger partial charge in [0.05, 0.1) is 18.1 Å². The molecule has 1 aromatic rings.